The van der Waals surface area contributed by atoms with E-state index in [4.69, 9.17) is 11.5 Å². The average molecular weight is 232 g/mol. The van der Waals surface area contributed by atoms with E-state index in [1.807, 2.05) is 0 Å². The van der Waals surface area contributed by atoms with Gasteiger partial charge in [0, 0.05) is 0 Å². The Morgan fingerprint density at radius 2 is 0.938 bits per heavy atom. The first kappa shape index (κ1) is 15.8. The highest BCUT2D eigenvalue weighted by Gasteiger charge is 2.06. The highest BCUT2D eigenvalue weighted by molar-refractivity contribution is 4.60. The standard InChI is InChI=1S/C12H28N2O2/c13-9-3-7-11(15)5-1-2-6-12(16)8-4-10-14/h11-12,15-16H,1-10,13-14H2. The van der Waals surface area contributed by atoms with E-state index in [1.54, 1.807) is 0 Å². The SMILES string of the molecule is NCCCC(O)CCCCC(O)CCCN. The van der Waals surface area contributed by atoms with Crippen molar-refractivity contribution in [2.24, 2.45) is 11.5 Å². The van der Waals surface area contributed by atoms with Crippen LogP contribution in [0.25, 0.3) is 0 Å². The molecular weight excluding hydrogens is 204 g/mol. The quantitative estimate of drug-likeness (QED) is 0.395. The fourth-order valence-corrected chi connectivity index (χ4v) is 1.76. The Morgan fingerprint density at radius 3 is 1.25 bits per heavy atom. The lowest BCUT2D eigenvalue weighted by atomic mass is 10.0. The molecule has 4 heteroatoms. The summed E-state index contributed by atoms with van der Waals surface area (Å²) in [5, 5.41) is 19.1. The van der Waals surface area contributed by atoms with E-state index in [9.17, 15) is 10.2 Å². The Balaban J connectivity index is 3.24. The maximum atomic E-state index is 9.55. The molecule has 0 saturated heterocycles. The predicted octanol–water partition coefficient (Wildman–Crippen LogP) is 0.746. The zero-order valence-corrected chi connectivity index (χ0v) is 10.3. The minimum absolute atomic E-state index is 0.218. The summed E-state index contributed by atoms with van der Waals surface area (Å²) in [5.41, 5.74) is 10.7. The van der Waals surface area contributed by atoms with Crippen LogP contribution in [-0.4, -0.2) is 35.5 Å². The molecule has 0 aliphatic carbocycles. The molecule has 0 fully saturated rings. The number of unbranched alkanes of at least 4 members (excludes halogenated alkanes) is 1. The van der Waals surface area contributed by atoms with Gasteiger partial charge in [-0.05, 0) is 51.6 Å². The van der Waals surface area contributed by atoms with Gasteiger partial charge in [-0.3, -0.25) is 0 Å². The van der Waals surface area contributed by atoms with Crippen molar-refractivity contribution in [2.75, 3.05) is 13.1 Å². The van der Waals surface area contributed by atoms with E-state index < -0.39 is 0 Å². The molecule has 2 unspecified atom stereocenters. The molecule has 0 aliphatic rings. The van der Waals surface area contributed by atoms with Crippen molar-refractivity contribution in [3.8, 4) is 0 Å². The zero-order chi connectivity index (χ0) is 12.2. The van der Waals surface area contributed by atoms with Crippen LogP contribution in [0.5, 0.6) is 0 Å². The highest BCUT2D eigenvalue weighted by Crippen LogP contribution is 2.11. The van der Waals surface area contributed by atoms with Crippen LogP contribution in [0.15, 0.2) is 0 Å². The Morgan fingerprint density at radius 1 is 0.625 bits per heavy atom. The number of hydrogen-bond acceptors (Lipinski definition) is 4. The molecule has 0 aromatic heterocycles. The second kappa shape index (κ2) is 11.3. The Labute approximate surface area is 99.0 Å². The molecule has 4 nitrogen and oxygen atoms in total. The number of hydrogen-bond donors (Lipinski definition) is 4. The van der Waals surface area contributed by atoms with Gasteiger partial charge in [0.15, 0.2) is 0 Å². The average Bonchev–Trinajstić information content (AvgIpc) is 2.29. The van der Waals surface area contributed by atoms with Gasteiger partial charge in [0.05, 0.1) is 12.2 Å². The van der Waals surface area contributed by atoms with Crippen LogP contribution >= 0.6 is 0 Å². The first-order chi connectivity index (χ1) is 7.70. The summed E-state index contributed by atoms with van der Waals surface area (Å²) in [6.07, 6.45) is 6.54. The molecule has 0 saturated carbocycles. The van der Waals surface area contributed by atoms with Gasteiger partial charge in [-0.25, -0.2) is 0 Å². The van der Waals surface area contributed by atoms with E-state index in [2.05, 4.69) is 0 Å². The van der Waals surface area contributed by atoms with Crippen LogP contribution in [-0.2, 0) is 0 Å². The van der Waals surface area contributed by atoms with Crippen molar-refractivity contribution in [2.45, 2.75) is 63.6 Å². The van der Waals surface area contributed by atoms with E-state index in [0.29, 0.717) is 13.1 Å². The maximum Gasteiger partial charge on any atom is 0.0540 e. The van der Waals surface area contributed by atoms with Gasteiger partial charge in [-0.15, -0.1) is 0 Å². The van der Waals surface area contributed by atoms with Gasteiger partial charge in [0.2, 0.25) is 0 Å². The fourth-order valence-electron chi connectivity index (χ4n) is 1.76. The molecule has 2 atom stereocenters. The largest absolute Gasteiger partial charge is 0.393 e. The van der Waals surface area contributed by atoms with Crippen LogP contribution in [0.4, 0.5) is 0 Å². The molecule has 0 aromatic rings. The highest BCUT2D eigenvalue weighted by atomic mass is 16.3. The number of rotatable bonds is 11. The maximum absolute atomic E-state index is 9.55. The van der Waals surface area contributed by atoms with Crippen molar-refractivity contribution in [3.05, 3.63) is 0 Å². The van der Waals surface area contributed by atoms with Crippen molar-refractivity contribution >= 4 is 0 Å². The van der Waals surface area contributed by atoms with Crippen LogP contribution in [0.3, 0.4) is 0 Å². The monoisotopic (exact) mass is 232 g/mol. The Hall–Kier alpha value is -0.160. The van der Waals surface area contributed by atoms with E-state index in [-0.39, 0.29) is 12.2 Å². The summed E-state index contributed by atoms with van der Waals surface area (Å²) in [4.78, 5) is 0. The molecule has 6 N–H and O–H groups in total. The summed E-state index contributed by atoms with van der Waals surface area (Å²) in [6, 6.07) is 0. The molecule has 16 heavy (non-hydrogen) atoms. The third-order valence-corrected chi connectivity index (χ3v) is 2.81. The fraction of sp³-hybridized carbons (Fsp3) is 1.00. The zero-order valence-electron chi connectivity index (χ0n) is 10.3. The summed E-state index contributed by atoms with van der Waals surface area (Å²) >= 11 is 0. The number of aliphatic hydroxyl groups excluding tert-OH is 2. The summed E-state index contributed by atoms with van der Waals surface area (Å²) in [5.74, 6) is 0. The number of aliphatic hydroxyl groups is 2. The molecule has 0 aliphatic heterocycles. The van der Waals surface area contributed by atoms with Gasteiger partial charge < -0.3 is 21.7 Å². The molecule has 0 rings (SSSR count). The summed E-state index contributed by atoms with van der Waals surface area (Å²) in [7, 11) is 0. The van der Waals surface area contributed by atoms with Crippen molar-refractivity contribution in [1.29, 1.82) is 0 Å². The number of nitrogens with two attached hydrogens (primary N) is 2. The topological polar surface area (TPSA) is 92.5 Å². The van der Waals surface area contributed by atoms with Gasteiger partial charge in [0.1, 0.15) is 0 Å². The second-order valence-corrected chi connectivity index (χ2v) is 4.45. The lowest BCUT2D eigenvalue weighted by Gasteiger charge is -2.11. The molecule has 0 amide bonds. The summed E-state index contributed by atoms with van der Waals surface area (Å²) in [6.45, 7) is 1.30. The molecule has 98 valence electrons. The van der Waals surface area contributed by atoms with Gasteiger partial charge in [-0.1, -0.05) is 12.8 Å². The van der Waals surface area contributed by atoms with Crippen LogP contribution in [0, 0.1) is 0 Å². The van der Waals surface area contributed by atoms with Gasteiger partial charge >= 0.3 is 0 Å². The Bertz CT molecular complexity index is 129. The molecule has 0 heterocycles. The normalized spacial score (nSPS) is 15.0. The van der Waals surface area contributed by atoms with Crippen LogP contribution < -0.4 is 11.5 Å². The van der Waals surface area contributed by atoms with Gasteiger partial charge in [-0.2, -0.15) is 0 Å². The summed E-state index contributed by atoms with van der Waals surface area (Å²) < 4.78 is 0. The minimum Gasteiger partial charge on any atom is -0.393 e. The molecule has 0 radical (unpaired) electrons. The molecule has 0 bridgehead atoms. The second-order valence-electron chi connectivity index (χ2n) is 4.45. The molecule has 0 aromatic carbocycles. The molecular formula is C12H28N2O2. The lowest BCUT2D eigenvalue weighted by molar-refractivity contribution is 0.133. The predicted molar refractivity (Wildman–Crippen MR) is 67.1 cm³/mol. The van der Waals surface area contributed by atoms with E-state index in [0.717, 1.165) is 51.4 Å². The minimum atomic E-state index is -0.218. The van der Waals surface area contributed by atoms with Crippen molar-refractivity contribution in [3.63, 3.8) is 0 Å². The smallest absolute Gasteiger partial charge is 0.0540 e. The van der Waals surface area contributed by atoms with E-state index >= 15 is 0 Å². The first-order valence-corrected chi connectivity index (χ1v) is 6.47. The first-order valence-electron chi connectivity index (χ1n) is 6.47. The lowest BCUT2D eigenvalue weighted by Crippen LogP contribution is -2.12. The Kier molecular flexibility index (Phi) is 11.2. The van der Waals surface area contributed by atoms with E-state index in [1.165, 1.54) is 0 Å². The van der Waals surface area contributed by atoms with Crippen molar-refractivity contribution in [1.82, 2.24) is 0 Å². The molecule has 0 spiro atoms. The third kappa shape index (κ3) is 10.4. The van der Waals surface area contributed by atoms with Crippen LogP contribution in [0.2, 0.25) is 0 Å². The van der Waals surface area contributed by atoms with Crippen molar-refractivity contribution < 1.29 is 10.2 Å². The van der Waals surface area contributed by atoms with Gasteiger partial charge in [0.25, 0.3) is 0 Å². The third-order valence-electron chi connectivity index (χ3n) is 2.81. The van der Waals surface area contributed by atoms with Crippen LogP contribution in [0.1, 0.15) is 51.4 Å².